The molecule has 0 saturated heterocycles. The Balaban J connectivity index is 2.69. The fraction of sp³-hybridized carbons (Fsp3) is 0.667. The summed E-state index contributed by atoms with van der Waals surface area (Å²) >= 11 is 5.83. The van der Waals surface area contributed by atoms with Crippen LogP contribution in [0.3, 0.4) is 0 Å². The van der Waals surface area contributed by atoms with Gasteiger partial charge in [0.1, 0.15) is 0 Å². The number of aliphatic hydroxyl groups excluding tert-OH is 1. The molecule has 0 fully saturated rings. The van der Waals surface area contributed by atoms with Crippen molar-refractivity contribution < 1.29 is 5.11 Å². The first-order valence-corrected chi connectivity index (χ1v) is 4.76. The molecule has 1 aromatic heterocycles. The van der Waals surface area contributed by atoms with Crippen LogP contribution in [-0.4, -0.2) is 21.0 Å². The molecule has 13 heavy (non-hydrogen) atoms. The highest BCUT2D eigenvalue weighted by molar-refractivity contribution is 6.31. The monoisotopic (exact) mass is 202 g/mol. The first kappa shape index (κ1) is 10.5. The van der Waals surface area contributed by atoms with E-state index < -0.39 is 0 Å². The van der Waals surface area contributed by atoms with Crippen LogP contribution in [0.1, 0.15) is 19.5 Å². The Bertz CT molecular complexity index is 283. The summed E-state index contributed by atoms with van der Waals surface area (Å²) in [5.41, 5.74) is 0.904. The maximum Gasteiger partial charge on any atom is 0.0814 e. The number of hydrogen-bond acceptors (Lipinski definition) is 2. The molecule has 1 rings (SSSR count). The minimum Gasteiger partial charge on any atom is -0.391 e. The Morgan fingerprint density at radius 2 is 2.23 bits per heavy atom. The molecule has 0 aliphatic heterocycles. The van der Waals surface area contributed by atoms with Crippen LogP contribution in [-0.2, 0) is 6.54 Å². The molecule has 0 aliphatic rings. The number of aromatic nitrogens is 2. The van der Waals surface area contributed by atoms with E-state index >= 15 is 0 Å². The number of rotatable bonds is 3. The van der Waals surface area contributed by atoms with Gasteiger partial charge in [0, 0.05) is 0 Å². The molecule has 0 saturated carbocycles. The van der Waals surface area contributed by atoms with Crippen LogP contribution in [0.25, 0.3) is 0 Å². The van der Waals surface area contributed by atoms with Gasteiger partial charge in [-0.25, -0.2) is 0 Å². The summed E-state index contributed by atoms with van der Waals surface area (Å²) in [7, 11) is 0. The van der Waals surface area contributed by atoms with Gasteiger partial charge in [0.2, 0.25) is 0 Å². The SMILES string of the molecule is Cc1c(Cl)cnn1CC(O)C(C)C. The van der Waals surface area contributed by atoms with Crippen LogP contribution in [0.15, 0.2) is 6.20 Å². The van der Waals surface area contributed by atoms with Crippen molar-refractivity contribution in [1.82, 2.24) is 9.78 Å². The van der Waals surface area contributed by atoms with Gasteiger partial charge in [0.05, 0.1) is 29.6 Å². The van der Waals surface area contributed by atoms with E-state index in [-0.39, 0.29) is 12.0 Å². The van der Waals surface area contributed by atoms with Gasteiger partial charge in [-0.15, -0.1) is 0 Å². The van der Waals surface area contributed by atoms with Gasteiger partial charge in [-0.2, -0.15) is 5.10 Å². The molecule has 0 radical (unpaired) electrons. The standard InChI is InChI=1S/C9H15ClN2O/c1-6(2)9(13)5-12-7(3)8(10)4-11-12/h4,6,9,13H,5H2,1-3H3. The van der Waals surface area contributed by atoms with E-state index in [4.69, 9.17) is 11.6 Å². The van der Waals surface area contributed by atoms with E-state index in [1.165, 1.54) is 0 Å². The van der Waals surface area contributed by atoms with Crippen molar-refractivity contribution in [2.45, 2.75) is 33.4 Å². The summed E-state index contributed by atoms with van der Waals surface area (Å²) < 4.78 is 1.73. The van der Waals surface area contributed by atoms with Gasteiger partial charge in [-0.3, -0.25) is 4.68 Å². The molecular weight excluding hydrogens is 188 g/mol. The second-order valence-electron chi connectivity index (χ2n) is 3.57. The second kappa shape index (κ2) is 4.11. The minimum atomic E-state index is -0.366. The summed E-state index contributed by atoms with van der Waals surface area (Å²) in [6.45, 7) is 6.36. The maximum atomic E-state index is 9.61. The third-order valence-electron chi connectivity index (χ3n) is 2.17. The topological polar surface area (TPSA) is 38.0 Å². The lowest BCUT2D eigenvalue weighted by Gasteiger charge is -2.15. The normalized spacial score (nSPS) is 13.7. The summed E-state index contributed by atoms with van der Waals surface area (Å²) in [6.07, 6.45) is 1.24. The summed E-state index contributed by atoms with van der Waals surface area (Å²) in [6, 6.07) is 0. The predicted octanol–water partition coefficient (Wildman–Crippen LogP) is 1.86. The molecule has 3 nitrogen and oxygen atoms in total. The highest BCUT2D eigenvalue weighted by atomic mass is 35.5. The Hall–Kier alpha value is -0.540. The maximum absolute atomic E-state index is 9.61. The predicted molar refractivity (Wildman–Crippen MR) is 52.8 cm³/mol. The van der Waals surface area contributed by atoms with E-state index in [1.54, 1.807) is 10.9 Å². The molecule has 1 N–H and O–H groups in total. The fourth-order valence-corrected chi connectivity index (χ4v) is 1.14. The number of aliphatic hydroxyl groups is 1. The zero-order valence-corrected chi connectivity index (χ0v) is 8.91. The number of halogens is 1. The Morgan fingerprint density at radius 1 is 1.62 bits per heavy atom. The lowest BCUT2D eigenvalue weighted by Crippen LogP contribution is -2.23. The smallest absolute Gasteiger partial charge is 0.0814 e. The van der Waals surface area contributed by atoms with Crippen molar-refractivity contribution in [2.24, 2.45) is 5.92 Å². The largest absolute Gasteiger partial charge is 0.391 e. The van der Waals surface area contributed by atoms with Gasteiger partial charge >= 0.3 is 0 Å². The Labute approximate surface area is 83.3 Å². The van der Waals surface area contributed by atoms with Gasteiger partial charge < -0.3 is 5.11 Å². The molecule has 1 heterocycles. The highest BCUT2D eigenvalue weighted by Gasteiger charge is 2.12. The average Bonchev–Trinajstić information content (AvgIpc) is 2.36. The zero-order valence-electron chi connectivity index (χ0n) is 8.16. The lowest BCUT2D eigenvalue weighted by molar-refractivity contribution is 0.102. The Morgan fingerprint density at radius 3 is 2.62 bits per heavy atom. The van der Waals surface area contributed by atoms with E-state index in [1.807, 2.05) is 20.8 Å². The third-order valence-corrected chi connectivity index (χ3v) is 2.54. The molecule has 0 amide bonds. The fourth-order valence-electron chi connectivity index (χ4n) is 0.996. The van der Waals surface area contributed by atoms with E-state index in [2.05, 4.69) is 5.10 Å². The molecule has 0 aromatic carbocycles. The molecule has 0 spiro atoms. The van der Waals surface area contributed by atoms with Crippen LogP contribution in [0.5, 0.6) is 0 Å². The molecule has 1 atom stereocenters. The van der Waals surface area contributed by atoms with Gasteiger partial charge in [-0.05, 0) is 12.8 Å². The minimum absolute atomic E-state index is 0.238. The second-order valence-corrected chi connectivity index (χ2v) is 3.98. The quantitative estimate of drug-likeness (QED) is 0.813. The molecule has 0 aliphatic carbocycles. The van der Waals surface area contributed by atoms with Gasteiger partial charge in [0.15, 0.2) is 0 Å². The molecule has 1 aromatic rings. The van der Waals surface area contributed by atoms with Gasteiger partial charge in [-0.1, -0.05) is 25.4 Å². The lowest BCUT2D eigenvalue weighted by atomic mass is 10.1. The summed E-state index contributed by atoms with van der Waals surface area (Å²) in [5, 5.41) is 14.3. The first-order valence-electron chi connectivity index (χ1n) is 4.38. The first-order chi connectivity index (χ1) is 6.02. The van der Waals surface area contributed by atoms with Crippen LogP contribution in [0.2, 0.25) is 5.02 Å². The summed E-state index contributed by atoms with van der Waals surface area (Å²) in [5.74, 6) is 0.238. The van der Waals surface area contributed by atoms with Crippen molar-refractivity contribution in [2.75, 3.05) is 0 Å². The van der Waals surface area contributed by atoms with Gasteiger partial charge in [0.25, 0.3) is 0 Å². The number of hydrogen-bond donors (Lipinski definition) is 1. The van der Waals surface area contributed by atoms with E-state index in [0.29, 0.717) is 11.6 Å². The van der Waals surface area contributed by atoms with Crippen molar-refractivity contribution >= 4 is 11.6 Å². The molecule has 1 unspecified atom stereocenters. The van der Waals surface area contributed by atoms with E-state index in [0.717, 1.165) is 5.69 Å². The van der Waals surface area contributed by atoms with Crippen molar-refractivity contribution in [1.29, 1.82) is 0 Å². The number of nitrogens with zero attached hydrogens (tertiary/aromatic N) is 2. The van der Waals surface area contributed by atoms with Crippen molar-refractivity contribution in [3.8, 4) is 0 Å². The summed E-state index contributed by atoms with van der Waals surface area (Å²) in [4.78, 5) is 0. The molecule has 4 heteroatoms. The van der Waals surface area contributed by atoms with Crippen LogP contribution >= 0.6 is 11.6 Å². The van der Waals surface area contributed by atoms with Crippen molar-refractivity contribution in [3.05, 3.63) is 16.9 Å². The molecular formula is C9H15ClN2O. The third kappa shape index (κ3) is 2.45. The van der Waals surface area contributed by atoms with Crippen LogP contribution in [0, 0.1) is 12.8 Å². The molecule has 0 bridgehead atoms. The van der Waals surface area contributed by atoms with Crippen LogP contribution < -0.4 is 0 Å². The molecule has 74 valence electrons. The Kier molecular flexibility index (Phi) is 3.33. The van der Waals surface area contributed by atoms with Crippen molar-refractivity contribution in [3.63, 3.8) is 0 Å². The zero-order chi connectivity index (χ0) is 10.0. The highest BCUT2D eigenvalue weighted by Crippen LogP contribution is 2.14. The van der Waals surface area contributed by atoms with E-state index in [9.17, 15) is 5.11 Å². The van der Waals surface area contributed by atoms with Crippen LogP contribution in [0.4, 0.5) is 0 Å². The average molecular weight is 203 g/mol.